The van der Waals surface area contributed by atoms with Gasteiger partial charge in [-0.05, 0) is 43.4 Å². The Labute approximate surface area is 143 Å². The van der Waals surface area contributed by atoms with Crippen molar-refractivity contribution in [1.29, 1.82) is 0 Å². The molecule has 2 rings (SSSR count). The average Bonchev–Trinajstić information content (AvgIpc) is 3.39. The number of guanidine groups is 1. The summed E-state index contributed by atoms with van der Waals surface area (Å²) in [6.45, 7) is 5.11. The summed E-state index contributed by atoms with van der Waals surface area (Å²) in [5, 5.41) is 3.24. The highest BCUT2D eigenvalue weighted by molar-refractivity contribution is 5.79. The summed E-state index contributed by atoms with van der Waals surface area (Å²) >= 11 is 0. The number of benzene rings is 1. The average molecular weight is 337 g/mol. The van der Waals surface area contributed by atoms with Crippen LogP contribution in [-0.4, -0.2) is 51.3 Å². The summed E-state index contributed by atoms with van der Waals surface area (Å²) < 4.78 is 24.7. The molecule has 1 aromatic carbocycles. The summed E-state index contributed by atoms with van der Waals surface area (Å²) in [4.78, 5) is 6.27. The lowest BCUT2D eigenvalue weighted by molar-refractivity contribution is 0.115. The van der Waals surface area contributed by atoms with Gasteiger partial charge in [0.05, 0.1) is 13.2 Å². The second kappa shape index (κ2) is 9.47. The Morgan fingerprint density at radius 2 is 2.21 bits per heavy atom. The van der Waals surface area contributed by atoms with E-state index in [4.69, 9.17) is 9.47 Å². The third-order valence-corrected chi connectivity index (χ3v) is 3.94. The van der Waals surface area contributed by atoms with E-state index in [0.29, 0.717) is 19.8 Å². The number of hydrogen-bond acceptors (Lipinski definition) is 3. The first-order valence-corrected chi connectivity index (χ1v) is 8.54. The molecule has 0 radical (unpaired) electrons. The molecule has 1 aromatic rings. The van der Waals surface area contributed by atoms with Crippen molar-refractivity contribution in [2.45, 2.75) is 26.3 Å². The molecule has 0 saturated heterocycles. The van der Waals surface area contributed by atoms with Gasteiger partial charge in [-0.2, -0.15) is 0 Å². The molecule has 1 fully saturated rings. The molecule has 0 bridgehead atoms. The summed E-state index contributed by atoms with van der Waals surface area (Å²) in [6.07, 6.45) is 2.61. The fraction of sp³-hybridized carbons (Fsp3) is 0.611. The molecule has 0 aliphatic heterocycles. The lowest BCUT2D eigenvalue weighted by atomic mass is 10.2. The van der Waals surface area contributed by atoms with Crippen molar-refractivity contribution < 1.29 is 13.9 Å². The quantitative estimate of drug-likeness (QED) is 0.427. The number of rotatable bonds is 9. The molecule has 0 amide bonds. The third kappa shape index (κ3) is 6.00. The molecular formula is C18H28FN3O2. The van der Waals surface area contributed by atoms with Gasteiger partial charge in [-0.1, -0.05) is 6.07 Å². The van der Waals surface area contributed by atoms with E-state index in [9.17, 15) is 4.39 Å². The Morgan fingerprint density at radius 3 is 2.83 bits per heavy atom. The minimum absolute atomic E-state index is 0.288. The largest absolute Gasteiger partial charge is 0.491 e. The number of nitrogens with zero attached hydrogens (tertiary/aromatic N) is 2. The zero-order chi connectivity index (χ0) is 17.4. The molecule has 0 spiro atoms. The van der Waals surface area contributed by atoms with Crippen molar-refractivity contribution in [3.8, 4) is 5.75 Å². The van der Waals surface area contributed by atoms with E-state index in [2.05, 4.69) is 10.3 Å². The lowest BCUT2D eigenvalue weighted by Crippen LogP contribution is -2.40. The highest BCUT2D eigenvalue weighted by atomic mass is 19.1. The number of halogens is 1. The van der Waals surface area contributed by atoms with Crippen molar-refractivity contribution in [2.24, 2.45) is 10.9 Å². The summed E-state index contributed by atoms with van der Waals surface area (Å²) in [5.41, 5.74) is 0.843. The second-order valence-corrected chi connectivity index (χ2v) is 6.04. The van der Waals surface area contributed by atoms with Gasteiger partial charge < -0.3 is 19.7 Å². The van der Waals surface area contributed by atoms with E-state index in [1.807, 2.05) is 24.9 Å². The molecule has 6 heteroatoms. The van der Waals surface area contributed by atoms with Gasteiger partial charge >= 0.3 is 0 Å². The summed E-state index contributed by atoms with van der Waals surface area (Å²) in [5.74, 6) is 1.49. The molecule has 134 valence electrons. The lowest BCUT2D eigenvalue weighted by Gasteiger charge is -2.22. The van der Waals surface area contributed by atoms with E-state index in [1.54, 1.807) is 13.1 Å². The van der Waals surface area contributed by atoms with Gasteiger partial charge in [0.1, 0.15) is 0 Å². The SMILES string of the molecule is CCOc1ccc(CNC(=NC)N(C)CCOCC2CC2)cc1F. The molecule has 0 atom stereocenters. The van der Waals surface area contributed by atoms with E-state index in [1.165, 1.54) is 18.9 Å². The number of ether oxygens (including phenoxy) is 2. The fourth-order valence-corrected chi connectivity index (χ4v) is 2.33. The highest BCUT2D eigenvalue weighted by Gasteiger charge is 2.21. The Kier molecular flexibility index (Phi) is 7.31. The van der Waals surface area contributed by atoms with Crippen molar-refractivity contribution in [3.63, 3.8) is 0 Å². The predicted octanol–water partition coefficient (Wildman–Crippen LogP) is 2.66. The smallest absolute Gasteiger partial charge is 0.193 e. The highest BCUT2D eigenvalue weighted by Crippen LogP contribution is 2.28. The minimum atomic E-state index is -0.340. The Hall–Kier alpha value is -1.82. The molecule has 1 N–H and O–H groups in total. The van der Waals surface area contributed by atoms with Gasteiger partial charge in [0.2, 0.25) is 0 Å². The summed E-state index contributed by atoms with van der Waals surface area (Å²) in [6, 6.07) is 5.01. The zero-order valence-corrected chi connectivity index (χ0v) is 14.8. The molecule has 0 unspecified atom stereocenters. The maximum absolute atomic E-state index is 13.9. The topological polar surface area (TPSA) is 46.1 Å². The Balaban J connectivity index is 1.76. The molecule has 0 aromatic heterocycles. The molecule has 1 aliphatic carbocycles. The molecular weight excluding hydrogens is 309 g/mol. The third-order valence-electron chi connectivity index (χ3n) is 3.94. The van der Waals surface area contributed by atoms with Crippen LogP contribution in [0, 0.1) is 11.7 Å². The maximum Gasteiger partial charge on any atom is 0.193 e. The van der Waals surface area contributed by atoms with Gasteiger partial charge in [0, 0.05) is 33.8 Å². The maximum atomic E-state index is 13.9. The van der Waals surface area contributed by atoms with Gasteiger partial charge in [-0.25, -0.2) is 4.39 Å². The zero-order valence-electron chi connectivity index (χ0n) is 14.8. The van der Waals surface area contributed by atoms with Gasteiger partial charge in [0.15, 0.2) is 17.5 Å². The first-order chi connectivity index (χ1) is 11.6. The van der Waals surface area contributed by atoms with Crippen LogP contribution in [0.2, 0.25) is 0 Å². The first kappa shape index (κ1) is 18.5. The van der Waals surface area contributed by atoms with Gasteiger partial charge in [0.25, 0.3) is 0 Å². The van der Waals surface area contributed by atoms with Crippen LogP contribution in [0.1, 0.15) is 25.3 Å². The summed E-state index contributed by atoms with van der Waals surface area (Å²) in [7, 11) is 3.71. The van der Waals surface area contributed by atoms with Crippen LogP contribution in [0.25, 0.3) is 0 Å². The normalized spacial score (nSPS) is 14.6. The fourth-order valence-electron chi connectivity index (χ4n) is 2.33. The predicted molar refractivity (Wildman–Crippen MR) is 93.9 cm³/mol. The van der Waals surface area contributed by atoms with Crippen LogP contribution in [0.15, 0.2) is 23.2 Å². The van der Waals surface area contributed by atoms with E-state index < -0.39 is 0 Å². The molecule has 1 saturated carbocycles. The molecule has 0 heterocycles. The van der Waals surface area contributed by atoms with E-state index >= 15 is 0 Å². The van der Waals surface area contributed by atoms with Gasteiger partial charge in [-0.15, -0.1) is 0 Å². The number of nitrogens with one attached hydrogen (secondary N) is 1. The van der Waals surface area contributed by atoms with E-state index in [-0.39, 0.29) is 11.6 Å². The monoisotopic (exact) mass is 337 g/mol. The molecule has 1 aliphatic rings. The van der Waals surface area contributed by atoms with Gasteiger partial charge in [-0.3, -0.25) is 4.99 Å². The van der Waals surface area contributed by atoms with Crippen LogP contribution in [-0.2, 0) is 11.3 Å². The Morgan fingerprint density at radius 1 is 1.42 bits per heavy atom. The van der Waals surface area contributed by atoms with Crippen molar-refractivity contribution >= 4 is 5.96 Å². The first-order valence-electron chi connectivity index (χ1n) is 8.54. The van der Waals surface area contributed by atoms with Crippen LogP contribution in [0.5, 0.6) is 5.75 Å². The van der Waals surface area contributed by atoms with E-state index in [0.717, 1.165) is 30.6 Å². The van der Waals surface area contributed by atoms with Crippen LogP contribution >= 0.6 is 0 Å². The molecule has 5 nitrogen and oxygen atoms in total. The van der Waals surface area contributed by atoms with Crippen LogP contribution in [0.3, 0.4) is 0 Å². The number of aliphatic imine (C=N–C) groups is 1. The molecule has 24 heavy (non-hydrogen) atoms. The minimum Gasteiger partial charge on any atom is -0.491 e. The van der Waals surface area contributed by atoms with Crippen LogP contribution in [0.4, 0.5) is 4.39 Å². The van der Waals surface area contributed by atoms with Crippen molar-refractivity contribution in [1.82, 2.24) is 10.2 Å². The number of likely N-dealkylation sites (N-methyl/N-ethyl adjacent to an activating group) is 1. The second-order valence-electron chi connectivity index (χ2n) is 6.04. The van der Waals surface area contributed by atoms with Crippen LogP contribution < -0.4 is 10.1 Å². The standard InChI is InChI=1S/C18H28FN3O2/c1-4-24-17-8-7-15(11-16(17)19)12-21-18(20-2)22(3)9-10-23-13-14-5-6-14/h7-8,11,14H,4-6,9-10,12-13H2,1-3H3,(H,20,21). The Bertz CT molecular complexity index is 547. The van der Waals surface area contributed by atoms with Crippen molar-refractivity contribution in [3.05, 3.63) is 29.6 Å². The number of hydrogen-bond donors (Lipinski definition) is 1. The van der Waals surface area contributed by atoms with Crippen molar-refractivity contribution in [2.75, 3.05) is 40.5 Å².